The molecular weight excluding hydrogens is 426 g/mol. The van der Waals surface area contributed by atoms with Gasteiger partial charge >= 0.3 is 0 Å². The molecular formula is C24H26ClN5S. The summed E-state index contributed by atoms with van der Waals surface area (Å²) >= 11 is 7.70. The third-order valence-electron chi connectivity index (χ3n) is 4.53. The summed E-state index contributed by atoms with van der Waals surface area (Å²) in [5.41, 5.74) is 12.2. The van der Waals surface area contributed by atoms with E-state index >= 15 is 0 Å². The molecule has 1 heterocycles. The molecule has 4 N–H and O–H groups in total. The molecule has 0 amide bonds. The summed E-state index contributed by atoms with van der Waals surface area (Å²) in [7, 11) is 1.92. The van der Waals surface area contributed by atoms with Gasteiger partial charge in [-0.15, -0.1) is 0 Å². The van der Waals surface area contributed by atoms with Crippen molar-refractivity contribution >= 4 is 41.1 Å². The Morgan fingerprint density at radius 2 is 1.97 bits per heavy atom. The molecule has 31 heavy (non-hydrogen) atoms. The molecule has 160 valence electrons. The highest BCUT2D eigenvalue weighted by atomic mass is 35.5. The van der Waals surface area contributed by atoms with Crippen LogP contribution >= 0.6 is 23.5 Å². The molecule has 0 saturated heterocycles. The number of hydrogen-bond acceptors (Lipinski definition) is 6. The van der Waals surface area contributed by atoms with Gasteiger partial charge in [-0.25, -0.2) is 0 Å². The van der Waals surface area contributed by atoms with Gasteiger partial charge in [0.2, 0.25) is 0 Å². The van der Waals surface area contributed by atoms with E-state index in [9.17, 15) is 0 Å². The maximum Gasteiger partial charge on any atom is 0.0654 e. The topological polar surface area (TPSA) is 75.3 Å². The lowest BCUT2D eigenvalue weighted by atomic mass is 10.00. The number of nitrogens with two attached hydrogens (primary N) is 1. The van der Waals surface area contributed by atoms with Crippen molar-refractivity contribution in [3.05, 3.63) is 89.2 Å². The molecule has 0 radical (unpaired) electrons. The molecule has 0 saturated carbocycles. The zero-order chi connectivity index (χ0) is 21.9. The summed E-state index contributed by atoms with van der Waals surface area (Å²) in [6.07, 6.45) is 7.15. The Kier molecular flexibility index (Phi) is 8.97. The molecule has 0 unspecified atom stereocenters. The van der Waals surface area contributed by atoms with Crippen molar-refractivity contribution in [2.24, 2.45) is 10.7 Å². The number of pyridine rings is 1. The number of nitrogens with one attached hydrogen (secondary N) is 2. The lowest BCUT2D eigenvalue weighted by Crippen LogP contribution is -2.10. The minimum Gasteiger partial charge on any atom is -0.398 e. The average Bonchev–Trinajstić information content (AvgIpc) is 2.81. The van der Waals surface area contributed by atoms with Gasteiger partial charge in [0, 0.05) is 52.9 Å². The van der Waals surface area contributed by atoms with Crippen molar-refractivity contribution < 1.29 is 0 Å². The maximum absolute atomic E-state index is 6.46. The summed E-state index contributed by atoms with van der Waals surface area (Å²) in [6, 6.07) is 17.9. The highest BCUT2D eigenvalue weighted by Gasteiger charge is 2.08. The molecule has 1 aromatic heterocycles. The van der Waals surface area contributed by atoms with Crippen LogP contribution in [0.5, 0.6) is 0 Å². The monoisotopic (exact) mass is 451 g/mol. The van der Waals surface area contributed by atoms with Crippen LogP contribution in [0.25, 0.3) is 16.8 Å². The lowest BCUT2D eigenvalue weighted by molar-refractivity contribution is 1.05. The van der Waals surface area contributed by atoms with Crippen molar-refractivity contribution in [3.8, 4) is 11.1 Å². The van der Waals surface area contributed by atoms with Crippen molar-refractivity contribution in [2.45, 2.75) is 6.54 Å². The first-order valence-electron chi connectivity index (χ1n) is 9.94. The summed E-state index contributed by atoms with van der Waals surface area (Å²) < 4.78 is 3.08. The van der Waals surface area contributed by atoms with E-state index in [4.69, 9.17) is 17.3 Å². The average molecular weight is 452 g/mol. The second kappa shape index (κ2) is 12.2. The van der Waals surface area contributed by atoms with Crippen LogP contribution in [-0.4, -0.2) is 30.5 Å². The Bertz CT molecular complexity index is 1020. The van der Waals surface area contributed by atoms with E-state index in [2.05, 4.69) is 38.2 Å². The number of hydrogen-bond donors (Lipinski definition) is 3. The predicted molar refractivity (Wildman–Crippen MR) is 135 cm³/mol. The van der Waals surface area contributed by atoms with Gasteiger partial charge in [-0.2, -0.15) is 0 Å². The molecule has 0 aliphatic rings. The largest absolute Gasteiger partial charge is 0.398 e. The number of halogens is 1. The fourth-order valence-corrected chi connectivity index (χ4v) is 3.50. The second-order valence-electron chi connectivity index (χ2n) is 6.72. The molecule has 0 aliphatic carbocycles. The van der Waals surface area contributed by atoms with Crippen molar-refractivity contribution in [1.29, 1.82) is 0 Å². The van der Waals surface area contributed by atoms with Gasteiger partial charge < -0.3 is 11.1 Å². The van der Waals surface area contributed by atoms with Gasteiger partial charge in [0.15, 0.2) is 0 Å². The zero-order valence-electron chi connectivity index (χ0n) is 17.4. The third-order valence-corrected chi connectivity index (χ3v) is 5.48. The normalized spacial score (nSPS) is 11.7. The SMILES string of the molecule is CNSCCNc1ccc(-c2ccc(Cl)cc2)cc1C(N)=CC=NCc1cccnc1. The van der Waals surface area contributed by atoms with E-state index in [0.717, 1.165) is 40.2 Å². The van der Waals surface area contributed by atoms with Gasteiger partial charge in [-0.3, -0.25) is 14.7 Å². The number of aliphatic imine (C=N–C) groups is 1. The van der Waals surface area contributed by atoms with Gasteiger partial charge in [0.25, 0.3) is 0 Å². The van der Waals surface area contributed by atoms with E-state index < -0.39 is 0 Å². The van der Waals surface area contributed by atoms with Gasteiger partial charge in [0.1, 0.15) is 0 Å². The minimum absolute atomic E-state index is 0.564. The molecule has 0 spiro atoms. The fourth-order valence-electron chi connectivity index (χ4n) is 2.97. The zero-order valence-corrected chi connectivity index (χ0v) is 19.0. The Morgan fingerprint density at radius 3 is 2.71 bits per heavy atom. The predicted octanol–water partition coefficient (Wildman–Crippen LogP) is 5.25. The maximum atomic E-state index is 6.46. The number of aromatic nitrogens is 1. The van der Waals surface area contributed by atoms with Crippen LogP contribution in [-0.2, 0) is 6.54 Å². The van der Waals surface area contributed by atoms with Gasteiger partial charge in [-0.1, -0.05) is 47.8 Å². The second-order valence-corrected chi connectivity index (χ2v) is 8.26. The summed E-state index contributed by atoms with van der Waals surface area (Å²) in [4.78, 5) is 8.55. The van der Waals surface area contributed by atoms with E-state index in [0.29, 0.717) is 17.3 Å². The Balaban J connectivity index is 1.82. The molecule has 7 heteroatoms. The molecule has 0 bridgehead atoms. The Morgan fingerprint density at radius 1 is 1.16 bits per heavy atom. The Hall–Kier alpha value is -2.80. The minimum atomic E-state index is 0.564. The summed E-state index contributed by atoms with van der Waals surface area (Å²) in [6.45, 7) is 1.38. The third kappa shape index (κ3) is 7.14. The molecule has 3 rings (SSSR count). The molecule has 3 aromatic rings. The first-order valence-corrected chi connectivity index (χ1v) is 11.3. The summed E-state index contributed by atoms with van der Waals surface area (Å²) in [5, 5.41) is 4.19. The quantitative estimate of drug-likeness (QED) is 0.223. The highest BCUT2D eigenvalue weighted by molar-refractivity contribution is 7.97. The van der Waals surface area contributed by atoms with Crippen molar-refractivity contribution in [3.63, 3.8) is 0 Å². The number of benzene rings is 2. The molecule has 0 fully saturated rings. The van der Waals surface area contributed by atoms with E-state index in [1.165, 1.54) is 0 Å². The van der Waals surface area contributed by atoms with Crippen LogP contribution < -0.4 is 15.8 Å². The molecule has 0 aliphatic heterocycles. The number of nitrogens with zero attached hydrogens (tertiary/aromatic N) is 2. The fraction of sp³-hybridized carbons (Fsp3) is 0.167. The van der Waals surface area contributed by atoms with Crippen LogP contribution in [0, 0.1) is 0 Å². The highest BCUT2D eigenvalue weighted by Crippen LogP contribution is 2.29. The summed E-state index contributed by atoms with van der Waals surface area (Å²) in [5.74, 6) is 0.936. The van der Waals surface area contributed by atoms with Crippen molar-refractivity contribution in [1.82, 2.24) is 9.71 Å². The lowest BCUT2D eigenvalue weighted by Gasteiger charge is -2.14. The van der Waals surface area contributed by atoms with Crippen molar-refractivity contribution in [2.75, 3.05) is 24.7 Å². The van der Waals surface area contributed by atoms with Crippen LogP contribution in [0.2, 0.25) is 5.02 Å². The number of anilines is 1. The van der Waals surface area contributed by atoms with E-state index in [1.807, 2.05) is 55.7 Å². The van der Waals surface area contributed by atoms with E-state index in [-0.39, 0.29) is 0 Å². The van der Waals surface area contributed by atoms with Crippen LogP contribution in [0.3, 0.4) is 0 Å². The van der Waals surface area contributed by atoms with Gasteiger partial charge in [0.05, 0.1) is 6.54 Å². The van der Waals surface area contributed by atoms with E-state index in [1.54, 1.807) is 24.4 Å². The first kappa shape index (κ1) is 22.9. The smallest absolute Gasteiger partial charge is 0.0654 e. The number of allylic oxidation sites excluding steroid dienone is 1. The first-order chi connectivity index (χ1) is 15.2. The van der Waals surface area contributed by atoms with Crippen LogP contribution in [0.1, 0.15) is 11.1 Å². The standard InChI is InChI=1S/C24H26ClN5S/c1-27-31-14-13-30-24-9-6-20(19-4-7-21(25)8-5-19)15-22(24)23(26)10-12-29-17-18-3-2-11-28-16-18/h2-12,15-16,27,30H,13-14,17,26H2,1H3. The van der Waals surface area contributed by atoms with Crippen LogP contribution in [0.15, 0.2) is 78.1 Å². The molecule has 0 atom stereocenters. The van der Waals surface area contributed by atoms with Crippen LogP contribution in [0.4, 0.5) is 5.69 Å². The molecule has 5 nitrogen and oxygen atoms in total. The number of rotatable bonds is 10. The van der Waals surface area contributed by atoms with Gasteiger partial charge in [-0.05, 0) is 60.1 Å². The molecule has 2 aromatic carbocycles. The Labute approximate surface area is 193 Å².